The Hall–Kier alpha value is -1.51. The molecule has 0 saturated carbocycles. The van der Waals surface area contributed by atoms with Crippen molar-refractivity contribution in [3.63, 3.8) is 0 Å². The molecule has 0 fully saturated rings. The van der Waals surface area contributed by atoms with Crippen molar-refractivity contribution in [2.45, 2.75) is 0 Å². The third-order valence-electron chi connectivity index (χ3n) is 0.576. The van der Waals surface area contributed by atoms with Crippen LogP contribution in [0.3, 0.4) is 0 Å². The fourth-order valence-electron chi connectivity index (χ4n) is 0.126. The molecule has 0 atom stereocenters. The molecule has 9 heavy (non-hydrogen) atoms. The first kappa shape index (κ1) is 7.49. The van der Waals surface area contributed by atoms with Crippen molar-refractivity contribution in [1.29, 1.82) is 15.8 Å². The summed E-state index contributed by atoms with van der Waals surface area (Å²) in [6.45, 7) is 0. The molecule has 0 unspecified atom stereocenters. The summed E-state index contributed by atoms with van der Waals surface area (Å²) in [6.07, 6.45) is 0. The average Bonchev–Trinajstić information content (AvgIpc) is 1.95. The fraction of sp³-hybridized carbons (Fsp3) is 0. The minimum atomic E-state index is -2.91. The van der Waals surface area contributed by atoms with Gasteiger partial charge in [-0.3, -0.25) is 4.79 Å². The number of rotatable bonds is 1. The van der Waals surface area contributed by atoms with Crippen molar-refractivity contribution in [2.75, 3.05) is 0 Å². The van der Waals surface area contributed by atoms with Crippen molar-refractivity contribution in [2.24, 2.45) is 0 Å². The van der Waals surface area contributed by atoms with Gasteiger partial charge in [0.1, 0.15) is 16.2 Å². The number of nitrogens with zero attached hydrogens (tertiary/aromatic N) is 3. The lowest BCUT2D eigenvalue weighted by atomic mass is 11.7. The molecule has 0 bridgehead atoms. The van der Waals surface area contributed by atoms with Crippen LogP contribution in [-0.4, -0.2) is 5.62 Å². The molecule has 0 aromatic rings. The molecule has 0 heterocycles. The monoisotopic (exact) mass is 139 g/mol. The smallest absolute Gasteiger partial charge is 0.196 e. The van der Waals surface area contributed by atoms with E-state index in [0.717, 1.165) is 0 Å². The van der Waals surface area contributed by atoms with Gasteiger partial charge in [-0.1, -0.05) is 0 Å². The summed E-state index contributed by atoms with van der Waals surface area (Å²) >= 11 is 0. The summed E-state index contributed by atoms with van der Waals surface area (Å²) < 4.78 is 0. The van der Waals surface area contributed by atoms with Crippen LogP contribution in [0.25, 0.3) is 0 Å². The highest BCUT2D eigenvalue weighted by atomic mass is 32.3. The molecule has 0 radical (unpaired) electrons. The van der Waals surface area contributed by atoms with Crippen LogP contribution in [0.1, 0.15) is 0 Å². The summed E-state index contributed by atoms with van der Waals surface area (Å²) in [7, 11) is -2.91. The second-order valence-corrected chi connectivity index (χ2v) is 3.09. The molecule has 0 aromatic heterocycles. The molecule has 44 valence electrons. The second-order valence-electron chi connectivity index (χ2n) is 1.03. The third kappa shape index (κ3) is 1.19. The molecule has 0 rings (SSSR count). The van der Waals surface area contributed by atoms with E-state index in [2.05, 4.69) is 0 Å². The molecule has 4 nitrogen and oxygen atoms in total. The van der Waals surface area contributed by atoms with Gasteiger partial charge >= 0.3 is 0 Å². The van der Waals surface area contributed by atoms with Gasteiger partial charge in [0.2, 0.25) is 0 Å². The van der Waals surface area contributed by atoms with Crippen LogP contribution in [0, 0.1) is 32.0 Å². The van der Waals surface area contributed by atoms with Gasteiger partial charge in [-0.25, -0.2) is 0 Å². The van der Waals surface area contributed by atoms with E-state index in [1.165, 1.54) is 16.2 Å². The van der Waals surface area contributed by atoms with Gasteiger partial charge in [-0.2, -0.15) is 15.8 Å². The first-order valence-corrected chi connectivity index (χ1v) is 3.45. The first-order valence-electron chi connectivity index (χ1n) is 1.75. The number of thiocyanates is 3. The van der Waals surface area contributed by atoms with Crippen LogP contribution >= 0.6 is 10.0 Å². The van der Waals surface area contributed by atoms with Crippen molar-refractivity contribution in [3.05, 3.63) is 0 Å². The summed E-state index contributed by atoms with van der Waals surface area (Å²) in [5.41, 5.74) is 0.104. The Morgan fingerprint density at radius 2 is 1.44 bits per heavy atom. The summed E-state index contributed by atoms with van der Waals surface area (Å²) in [6, 6.07) is 0. The molecule has 0 spiro atoms. The van der Waals surface area contributed by atoms with E-state index in [0.29, 0.717) is 0 Å². The van der Waals surface area contributed by atoms with E-state index in [4.69, 9.17) is 15.8 Å². The second kappa shape index (κ2) is 2.71. The molecule has 0 aromatic carbocycles. The maximum absolute atomic E-state index is 9.89. The maximum atomic E-state index is 9.89. The SMILES string of the molecule is N#CS(C#N)(C#N)C=O. The van der Waals surface area contributed by atoms with Gasteiger partial charge in [0.25, 0.3) is 0 Å². The lowest BCUT2D eigenvalue weighted by Crippen LogP contribution is -1.87. The van der Waals surface area contributed by atoms with Crippen molar-refractivity contribution in [3.8, 4) is 16.2 Å². The maximum Gasteiger partial charge on any atom is 0.196 e. The molecule has 0 aliphatic heterocycles. The van der Waals surface area contributed by atoms with Crippen molar-refractivity contribution in [1.82, 2.24) is 0 Å². The van der Waals surface area contributed by atoms with Crippen LogP contribution < -0.4 is 0 Å². The van der Waals surface area contributed by atoms with E-state index in [-0.39, 0.29) is 5.62 Å². The Bertz CT molecular complexity index is 204. The van der Waals surface area contributed by atoms with Crippen LogP contribution in [0.5, 0.6) is 0 Å². The van der Waals surface area contributed by atoms with E-state index in [1.807, 2.05) is 0 Å². The zero-order valence-electron chi connectivity index (χ0n) is 4.24. The Morgan fingerprint density at radius 1 is 1.11 bits per heavy atom. The highest BCUT2D eigenvalue weighted by Gasteiger charge is 2.21. The van der Waals surface area contributed by atoms with Gasteiger partial charge < -0.3 is 0 Å². The number of carbonyl (C=O) groups is 1. The lowest BCUT2D eigenvalue weighted by molar-refractivity contribution is 0.569. The zero-order valence-corrected chi connectivity index (χ0v) is 5.05. The largest absolute Gasteiger partial charge is 0.289 e. The van der Waals surface area contributed by atoms with Gasteiger partial charge in [0, 0.05) is 0 Å². The summed E-state index contributed by atoms with van der Waals surface area (Å²) in [5, 5.41) is 28.3. The minimum absolute atomic E-state index is 0.104. The molecule has 0 N–H and O–H groups in total. The van der Waals surface area contributed by atoms with Crippen LogP contribution in [-0.2, 0) is 4.79 Å². The zero-order chi connectivity index (χ0) is 7.33. The van der Waals surface area contributed by atoms with Gasteiger partial charge in [0.15, 0.2) is 5.62 Å². The highest BCUT2D eigenvalue weighted by molar-refractivity contribution is 8.53. The lowest BCUT2D eigenvalue weighted by Gasteiger charge is -1.98. The van der Waals surface area contributed by atoms with Gasteiger partial charge in [-0.05, 0) is 0 Å². The van der Waals surface area contributed by atoms with E-state index in [1.54, 1.807) is 0 Å². The van der Waals surface area contributed by atoms with Crippen molar-refractivity contribution >= 4 is 15.6 Å². The summed E-state index contributed by atoms with van der Waals surface area (Å²) in [4.78, 5) is 9.89. The van der Waals surface area contributed by atoms with Crippen molar-refractivity contribution < 1.29 is 4.79 Å². The molecular formula is C4HN3OS. The fourth-order valence-corrected chi connectivity index (χ4v) is 0.377. The minimum Gasteiger partial charge on any atom is -0.289 e. The topological polar surface area (TPSA) is 88.4 Å². The van der Waals surface area contributed by atoms with E-state index >= 15 is 0 Å². The molecule has 0 aliphatic carbocycles. The summed E-state index contributed by atoms with van der Waals surface area (Å²) in [5.74, 6) is 0. The number of hydrogen-bond donors (Lipinski definition) is 0. The number of carbonyl (C=O) groups excluding carboxylic acids is 1. The normalized spacial score (nSPS) is 9.89. The van der Waals surface area contributed by atoms with Gasteiger partial charge in [0.05, 0.1) is 10.0 Å². The van der Waals surface area contributed by atoms with Crippen LogP contribution in [0.4, 0.5) is 0 Å². The predicted octanol–water partition coefficient (Wildman–Crippen LogP) is 0.424. The molecule has 0 aliphatic rings. The number of nitriles is 3. The average molecular weight is 139 g/mol. The Labute approximate surface area is 53.2 Å². The molecular weight excluding hydrogens is 138 g/mol. The standard InChI is InChI=1S/C4HN3OS/c5-1-9(2-6,3-7)4-8/h4H. The number of hydrogen-bond acceptors (Lipinski definition) is 4. The molecule has 0 amide bonds. The first-order chi connectivity index (χ1) is 4.24. The van der Waals surface area contributed by atoms with Crippen LogP contribution in [0.2, 0.25) is 0 Å². The third-order valence-corrected chi connectivity index (χ3v) is 1.73. The quantitative estimate of drug-likeness (QED) is 0.389. The Morgan fingerprint density at radius 3 is 1.44 bits per heavy atom. The Kier molecular flexibility index (Phi) is 2.26. The van der Waals surface area contributed by atoms with E-state index in [9.17, 15) is 4.79 Å². The van der Waals surface area contributed by atoms with Gasteiger partial charge in [-0.15, -0.1) is 0 Å². The van der Waals surface area contributed by atoms with Crippen LogP contribution in [0.15, 0.2) is 0 Å². The molecule has 0 saturated heterocycles. The highest BCUT2D eigenvalue weighted by Crippen LogP contribution is 2.39. The predicted molar refractivity (Wildman–Crippen MR) is 31.2 cm³/mol. The molecule has 5 heteroatoms. The Balaban J connectivity index is 4.76. The van der Waals surface area contributed by atoms with E-state index < -0.39 is 10.0 Å².